The van der Waals surface area contributed by atoms with Crippen LogP contribution in [0.3, 0.4) is 0 Å². The molecule has 0 bridgehead atoms. The van der Waals surface area contributed by atoms with Crippen LogP contribution in [0, 0.1) is 0 Å². The lowest BCUT2D eigenvalue weighted by Gasteiger charge is -2.03. The Morgan fingerprint density at radius 2 is 2.38 bits per heavy atom. The van der Waals surface area contributed by atoms with Crippen LogP contribution >= 0.6 is 11.6 Å². The Morgan fingerprint density at radius 3 is 2.92 bits per heavy atom. The van der Waals surface area contributed by atoms with Crippen molar-refractivity contribution >= 4 is 23.4 Å². The number of pyridine rings is 1. The Balaban J connectivity index is 2.94. The predicted octanol–water partition coefficient (Wildman–Crippen LogP) is 1.83. The average molecular weight is 203 g/mol. The molecule has 13 heavy (non-hydrogen) atoms. The topological polar surface area (TPSA) is 71.5 Å². The van der Waals surface area contributed by atoms with Gasteiger partial charge in [0.05, 0.1) is 12.8 Å². The van der Waals surface area contributed by atoms with E-state index >= 15 is 0 Å². The minimum Gasteiger partial charge on any atom is -0.481 e. The van der Waals surface area contributed by atoms with Gasteiger partial charge in [0.1, 0.15) is 5.15 Å². The van der Waals surface area contributed by atoms with Gasteiger partial charge in [0.15, 0.2) is 0 Å². The van der Waals surface area contributed by atoms with Gasteiger partial charge in [-0.15, -0.1) is 0 Å². The van der Waals surface area contributed by atoms with Crippen molar-refractivity contribution < 1.29 is 14.6 Å². The Kier molecular flexibility index (Phi) is 2.92. The minimum atomic E-state index is -1.16. The molecule has 70 valence electrons. The van der Waals surface area contributed by atoms with Crippen molar-refractivity contribution in [3.05, 3.63) is 17.3 Å². The number of nitrogens with one attached hydrogen (secondary N) is 1. The summed E-state index contributed by atoms with van der Waals surface area (Å²) >= 11 is 5.59. The van der Waals surface area contributed by atoms with Gasteiger partial charge < -0.3 is 9.84 Å². The quantitative estimate of drug-likeness (QED) is 0.718. The molecule has 0 radical (unpaired) electrons. The number of carbonyl (C=O) groups is 1. The lowest BCUT2D eigenvalue weighted by atomic mass is 10.4. The van der Waals surface area contributed by atoms with Crippen molar-refractivity contribution in [3.8, 4) is 5.88 Å². The number of carboxylic acid groups (broad SMARTS) is 1. The van der Waals surface area contributed by atoms with E-state index in [1.807, 2.05) is 0 Å². The van der Waals surface area contributed by atoms with Crippen LogP contribution < -0.4 is 10.1 Å². The van der Waals surface area contributed by atoms with E-state index in [2.05, 4.69) is 10.3 Å². The molecule has 1 aromatic rings. The first kappa shape index (κ1) is 9.60. The molecule has 0 aromatic carbocycles. The number of halogens is 1. The largest absolute Gasteiger partial charge is 0.481 e. The maximum Gasteiger partial charge on any atom is 0.409 e. The number of nitrogens with zero attached hydrogens (tertiary/aromatic N) is 1. The van der Waals surface area contributed by atoms with E-state index in [0.29, 0.717) is 5.69 Å². The summed E-state index contributed by atoms with van der Waals surface area (Å²) in [4.78, 5) is 14.0. The summed E-state index contributed by atoms with van der Waals surface area (Å²) in [6.07, 6.45) is -1.16. The van der Waals surface area contributed by atoms with Gasteiger partial charge in [-0.25, -0.2) is 9.78 Å². The number of aromatic nitrogens is 1. The van der Waals surface area contributed by atoms with Gasteiger partial charge in [-0.1, -0.05) is 11.6 Å². The Labute approximate surface area is 79.3 Å². The first-order valence-corrected chi connectivity index (χ1v) is 3.71. The van der Waals surface area contributed by atoms with Crippen molar-refractivity contribution in [1.82, 2.24) is 4.98 Å². The fourth-order valence-electron chi connectivity index (χ4n) is 0.773. The summed E-state index contributed by atoms with van der Waals surface area (Å²) < 4.78 is 4.79. The van der Waals surface area contributed by atoms with E-state index in [1.54, 1.807) is 0 Å². The highest BCUT2D eigenvalue weighted by Crippen LogP contribution is 2.19. The SMILES string of the molecule is COc1cc(NC(=O)O)cc(Cl)n1. The predicted molar refractivity (Wildman–Crippen MR) is 47.4 cm³/mol. The number of methoxy groups -OCH3 is 1. The fraction of sp³-hybridized carbons (Fsp3) is 0.143. The second-order valence-electron chi connectivity index (χ2n) is 2.15. The number of ether oxygens (including phenoxy) is 1. The molecule has 0 unspecified atom stereocenters. The van der Waals surface area contributed by atoms with Crippen molar-refractivity contribution in [2.75, 3.05) is 12.4 Å². The van der Waals surface area contributed by atoms with E-state index in [-0.39, 0.29) is 11.0 Å². The van der Waals surface area contributed by atoms with Crippen molar-refractivity contribution in [2.45, 2.75) is 0 Å². The van der Waals surface area contributed by atoms with Crippen molar-refractivity contribution in [3.63, 3.8) is 0 Å². The van der Waals surface area contributed by atoms with Gasteiger partial charge in [0, 0.05) is 6.07 Å². The molecular formula is C7H7ClN2O3. The molecule has 0 aliphatic carbocycles. The van der Waals surface area contributed by atoms with Crippen LogP contribution in [0.5, 0.6) is 5.88 Å². The first-order chi connectivity index (χ1) is 6.11. The molecule has 5 nitrogen and oxygen atoms in total. The molecule has 0 atom stereocenters. The van der Waals surface area contributed by atoms with Crippen molar-refractivity contribution in [1.29, 1.82) is 0 Å². The zero-order valence-corrected chi connectivity index (χ0v) is 7.50. The van der Waals surface area contributed by atoms with Crippen LogP contribution in [0.4, 0.5) is 10.5 Å². The lowest BCUT2D eigenvalue weighted by molar-refractivity contribution is 0.209. The molecule has 0 saturated carbocycles. The monoisotopic (exact) mass is 202 g/mol. The molecule has 2 N–H and O–H groups in total. The highest BCUT2D eigenvalue weighted by atomic mass is 35.5. The van der Waals surface area contributed by atoms with E-state index < -0.39 is 6.09 Å². The maximum absolute atomic E-state index is 10.3. The van der Waals surface area contributed by atoms with Gasteiger partial charge in [0.25, 0.3) is 0 Å². The molecule has 6 heteroatoms. The Bertz CT molecular complexity index is 330. The third kappa shape index (κ3) is 2.79. The number of hydrogen-bond donors (Lipinski definition) is 2. The Morgan fingerprint density at radius 1 is 1.69 bits per heavy atom. The van der Waals surface area contributed by atoms with Crippen LogP contribution in [0.1, 0.15) is 0 Å². The number of anilines is 1. The second kappa shape index (κ2) is 3.95. The third-order valence-electron chi connectivity index (χ3n) is 1.23. The van der Waals surface area contributed by atoms with Crippen LogP contribution in [-0.4, -0.2) is 23.3 Å². The molecule has 0 saturated heterocycles. The van der Waals surface area contributed by atoms with E-state index in [9.17, 15) is 4.79 Å². The van der Waals surface area contributed by atoms with Gasteiger partial charge >= 0.3 is 6.09 Å². The zero-order chi connectivity index (χ0) is 9.84. The summed E-state index contributed by atoms with van der Waals surface area (Å²) in [5.41, 5.74) is 0.323. The van der Waals surface area contributed by atoms with E-state index in [1.165, 1.54) is 19.2 Å². The molecule has 0 fully saturated rings. The van der Waals surface area contributed by atoms with Gasteiger partial charge in [-0.05, 0) is 6.07 Å². The van der Waals surface area contributed by atoms with Crippen LogP contribution in [0.15, 0.2) is 12.1 Å². The molecular weight excluding hydrogens is 196 g/mol. The molecule has 0 aliphatic heterocycles. The summed E-state index contributed by atoms with van der Waals surface area (Å²) in [6.45, 7) is 0. The normalized spacial score (nSPS) is 9.38. The second-order valence-corrected chi connectivity index (χ2v) is 2.54. The van der Waals surface area contributed by atoms with Crippen molar-refractivity contribution in [2.24, 2.45) is 0 Å². The summed E-state index contributed by atoms with van der Waals surface area (Å²) in [6, 6.07) is 2.82. The van der Waals surface area contributed by atoms with Crippen LogP contribution in [-0.2, 0) is 0 Å². The minimum absolute atomic E-state index is 0.170. The van der Waals surface area contributed by atoms with Crippen LogP contribution in [0.25, 0.3) is 0 Å². The number of hydrogen-bond acceptors (Lipinski definition) is 3. The smallest absolute Gasteiger partial charge is 0.409 e. The molecule has 0 aliphatic rings. The van der Waals surface area contributed by atoms with Crippen LogP contribution in [0.2, 0.25) is 5.15 Å². The highest BCUT2D eigenvalue weighted by molar-refractivity contribution is 6.29. The fourth-order valence-corrected chi connectivity index (χ4v) is 0.974. The molecule has 0 spiro atoms. The molecule has 1 heterocycles. The number of amides is 1. The average Bonchev–Trinajstić information content (AvgIpc) is 2.01. The van der Waals surface area contributed by atoms with Gasteiger partial charge in [-0.2, -0.15) is 0 Å². The summed E-state index contributed by atoms with van der Waals surface area (Å²) in [5, 5.41) is 10.7. The van der Waals surface area contributed by atoms with E-state index in [4.69, 9.17) is 21.4 Å². The van der Waals surface area contributed by atoms with E-state index in [0.717, 1.165) is 0 Å². The highest BCUT2D eigenvalue weighted by Gasteiger charge is 2.03. The molecule has 1 aromatic heterocycles. The molecule has 1 amide bonds. The Hall–Kier alpha value is -1.49. The lowest BCUT2D eigenvalue weighted by Crippen LogP contribution is -2.07. The molecule has 1 rings (SSSR count). The zero-order valence-electron chi connectivity index (χ0n) is 6.74. The summed E-state index contributed by atoms with van der Waals surface area (Å²) in [7, 11) is 1.42. The standard InChI is InChI=1S/C7H7ClN2O3/c1-13-6-3-4(9-7(11)12)2-5(8)10-6/h2-3H,1H3,(H,9,10)(H,11,12). The van der Waals surface area contributed by atoms with Gasteiger partial charge in [-0.3, -0.25) is 5.32 Å². The maximum atomic E-state index is 10.3. The third-order valence-corrected chi connectivity index (χ3v) is 1.42. The first-order valence-electron chi connectivity index (χ1n) is 3.33. The summed E-state index contributed by atoms with van der Waals surface area (Å²) in [5.74, 6) is 0.260. The number of rotatable bonds is 2. The van der Waals surface area contributed by atoms with Gasteiger partial charge in [0.2, 0.25) is 5.88 Å².